The van der Waals surface area contributed by atoms with Crippen LogP contribution in [-0.2, 0) is 9.59 Å². The lowest BCUT2D eigenvalue weighted by Crippen LogP contribution is -2.43. The molecule has 3 N–H and O–H groups in total. The van der Waals surface area contributed by atoms with Crippen molar-refractivity contribution < 1.29 is 14.7 Å². The van der Waals surface area contributed by atoms with Gasteiger partial charge in [-0.1, -0.05) is 25.0 Å². The van der Waals surface area contributed by atoms with Gasteiger partial charge in [-0.2, -0.15) is 0 Å². The number of carbonyl (C=O) groups excluding carboxylic acids is 1. The Morgan fingerprint density at radius 2 is 2.20 bits per heavy atom. The van der Waals surface area contributed by atoms with Gasteiger partial charge >= 0.3 is 5.97 Å². The molecule has 1 amide bonds. The van der Waals surface area contributed by atoms with Gasteiger partial charge in [0.05, 0.1) is 6.54 Å². The average molecular weight is 282 g/mol. The molecule has 0 spiro atoms. The molecule has 1 aliphatic carbocycles. The zero-order chi connectivity index (χ0) is 14.8. The number of carbonyl (C=O) groups is 2. The first kappa shape index (κ1) is 16.7. The molecule has 0 fully saturated rings. The summed E-state index contributed by atoms with van der Waals surface area (Å²) in [4.78, 5) is 22.6. The first-order valence-electron chi connectivity index (χ1n) is 7.54. The lowest BCUT2D eigenvalue weighted by Gasteiger charge is -2.15. The molecule has 1 unspecified atom stereocenters. The predicted molar refractivity (Wildman–Crippen MR) is 78.5 cm³/mol. The van der Waals surface area contributed by atoms with Crippen LogP contribution in [0.15, 0.2) is 11.6 Å². The van der Waals surface area contributed by atoms with Gasteiger partial charge in [0.15, 0.2) is 0 Å². The Kier molecular flexibility index (Phi) is 7.95. The first-order chi connectivity index (χ1) is 9.63. The van der Waals surface area contributed by atoms with Crippen molar-refractivity contribution in [3.63, 3.8) is 0 Å². The maximum absolute atomic E-state index is 11.6. The van der Waals surface area contributed by atoms with Crippen LogP contribution in [0, 0.1) is 0 Å². The van der Waals surface area contributed by atoms with Gasteiger partial charge in [-0.15, -0.1) is 0 Å². The molecule has 1 rings (SSSR count). The minimum Gasteiger partial charge on any atom is -0.480 e. The number of aliphatic carboxylic acids is 1. The van der Waals surface area contributed by atoms with Gasteiger partial charge < -0.3 is 10.4 Å². The summed E-state index contributed by atoms with van der Waals surface area (Å²) in [5, 5.41) is 14.6. The first-order valence-corrected chi connectivity index (χ1v) is 7.54. The quantitative estimate of drug-likeness (QED) is 0.564. The Bertz CT molecular complexity index is 353. The number of hydrogen-bond donors (Lipinski definition) is 3. The number of allylic oxidation sites excluding steroid dienone is 1. The topological polar surface area (TPSA) is 78.4 Å². The summed E-state index contributed by atoms with van der Waals surface area (Å²) in [7, 11) is 0. The van der Waals surface area contributed by atoms with E-state index in [9.17, 15) is 9.59 Å². The maximum Gasteiger partial charge on any atom is 0.320 e. The summed E-state index contributed by atoms with van der Waals surface area (Å²) < 4.78 is 0. The monoisotopic (exact) mass is 282 g/mol. The number of hydrogen-bond acceptors (Lipinski definition) is 3. The van der Waals surface area contributed by atoms with Crippen LogP contribution in [0.5, 0.6) is 0 Å². The molecule has 0 saturated carbocycles. The van der Waals surface area contributed by atoms with Crippen LogP contribution >= 0.6 is 0 Å². The minimum atomic E-state index is -0.896. The Morgan fingerprint density at radius 3 is 2.80 bits per heavy atom. The van der Waals surface area contributed by atoms with E-state index < -0.39 is 12.0 Å². The Labute approximate surface area is 120 Å². The van der Waals surface area contributed by atoms with Crippen molar-refractivity contribution >= 4 is 11.9 Å². The molecule has 0 aliphatic heterocycles. The number of carboxylic acids is 1. The molecule has 1 atom stereocenters. The second kappa shape index (κ2) is 9.53. The molecule has 0 aromatic heterocycles. The molecule has 114 valence electrons. The SMILES string of the molecule is CCCC(NCC(=O)NCCC1=CCCCC1)C(=O)O. The van der Waals surface area contributed by atoms with Crippen molar-refractivity contribution in [1.29, 1.82) is 0 Å². The van der Waals surface area contributed by atoms with E-state index in [2.05, 4.69) is 16.7 Å². The Morgan fingerprint density at radius 1 is 1.40 bits per heavy atom. The van der Waals surface area contributed by atoms with E-state index in [1.807, 2.05) is 6.92 Å². The van der Waals surface area contributed by atoms with Crippen molar-refractivity contribution in [3.8, 4) is 0 Å². The molecule has 1 aliphatic rings. The van der Waals surface area contributed by atoms with Crippen molar-refractivity contribution in [2.45, 2.75) is 57.9 Å². The highest BCUT2D eigenvalue weighted by atomic mass is 16.4. The van der Waals surface area contributed by atoms with Gasteiger partial charge in [0, 0.05) is 6.54 Å². The number of carboxylic acid groups (broad SMARTS) is 1. The van der Waals surface area contributed by atoms with Gasteiger partial charge in [-0.3, -0.25) is 14.9 Å². The third-order valence-electron chi connectivity index (χ3n) is 3.54. The van der Waals surface area contributed by atoms with Gasteiger partial charge in [-0.05, 0) is 38.5 Å². The summed E-state index contributed by atoms with van der Waals surface area (Å²) in [5.41, 5.74) is 1.43. The highest BCUT2D eigenvalue weighted by molar-refractivity contribution is 5.79. The molecule has 0 bridgehead atoms. The van der Waals surface area contributed by atoms with E-state index in [1.54, 1.807) is 0 Å². The van der Waals surface area contributed by atoms with Gasteiger partial charge in [-0.25, -0.2) is 0 Å². The molecule has 20 heavy (non-hydrogen) atoms. The van der Waals surface area contributed by atoms with Crippen LogP contribution in [0.25, 0.3) is 0 Å². The summed E-state index contributed by atoms with van der Waals surface area (Å²) in [6, 6.07) is -0.633. The molecule has 0 saturated heterocycles. The normalized spacial score (nSPS) is 16.4. The third kappa shape index (κ3) is 6.70. The Balaban J connectivity index is 2.16. The van der Waals surface area contributed by atoms with Crippen molar-refractivity contribution in [2.24, 2.45) is 0 Å². The number of nitrogens with one attached hydrogen (secondary N) is 2. The molecule has 0 radical (unpaired) electrons. The summed E-state index contributed by atoms with van der Waals surface area (Å²) in [6.45, 7) is 2.63. The van der Waals surface area contributed by atoms with Gasteiger partial charge in [0.1, 0.15) is 6.04 Å². The molecule has 5 nitrogen and oxygen atoms in total. The van der Waals surface area contributed by atoms with Crippen LogP contribution < -0.4 is 10.6 Å². The lowest BCUT2D eigenvalue weighted by atomic mass is 9.97. The minimum absolute atomic E-state index is 0.0655. The van der Waals surface area contributed by atoms with Crippen molar-refractivity contribution in [1.82, 2.24) is 10.6 Å². The molecule has 5 heteroatoms. The van der Waals surface area contributed by atoms with Crippen LogP contribution in [0.2, 0.25) is 0 Å². The molecular weight excluding hydrogens is 256 g/mol. The second-order valence-corrected chi connectivity index (χ2v) is 5.27. The van der Waals surface area contributed by atoms with Crippen LogP contribution in [0.3, 0.4) is 0 Å². The van der Waals surface area contributed by atoms with Gasteiger partial charge in [0.25, 0.3) is 0 Å². The average Bonchev–Trinajstić information content (AvgIpc) is 2.44. The third-order valence-corrected chi connectivity index (χ3v) is 3.54. The fourth-order valence-electron chi connectivity index (χ4n) is 2.37. The largest absolute Gasteiger partial charge is 0.480 e. The summed E-state index contributed by atoms with van der Waals surface area (Å²) in [5.74, 6) is -1.03. The standard InChI is InChI=1S/C15H26N2O3/c1-2-6-13(15(19)20)17-11-14(18)16-10-9-12-7-4-3-5-8-12/h7,13,17H,2-6,8-11H2,1H3,(H,16,18)(H,19,20). The smallest absolute Gasteiger partial charge is 0.320 e. The summed E-state index contributed by atoms with van der Waals surface area (Å²) in [6.07, 6.45) is 9.31. The van der Waals surface area contributed by atoms with E-state index in [-0.39, 0.29) is 12.5 Å². The lowest BCUT2D eigenvalue weighted by molar-refractivity contribution is -0.139. The fourth-order valence-corrected chi connectivity index (χ4v) is 2.37. The number of amides is 1. The van der Waals surface area contributed by atoms with E-state index in [0.29, 0.717) is 13.0 Å². The highest BCUT2D eigenvalue weighted by Crippen LogP contribution is 2.19. The Hall–Kier alpha value is -1.36. The highest BCUT2D eigenvalue weighted by Gasteiger charge is 2.16. The second-order valence-electron chi connectivity index (χ2n) is 5.27. The zero-order valence-corrected chi connectivity index (χ0v) is 12.3. The van der Waals surface area contributed by atoms with Crippen LogP contribution in [0.1, 0.15) is 51.9 Å². The van der Waals surface area contributed by atoms with E-state index in [0.717, 1.165) is 25.7 Å². The predicted octanol–water partition coefficient (Wildman–Crippen LogP) is 1.84. The molecule has 0 aromatic carbocycles. The van der Waals surface area contributed by atoms with Crippen molar-refractivity contribution in [2.75, 3.05) is 13.1 Å². The van der Waals surface area contributed by atoms with E-state index in [1.165, 1.54) is 18.4 Å². The summed E-state index contributed by atoms with van der Waals surface area (Å²) >= 11 is 0. The fraction of sp³-hybridized carbons (Fsp3) is 0.733. The number of rotatable bonds is 9. The molecule has 0 heterocycles. The van der Waals surface area contributed by atoms with Gasteiger partial charge in [0.2, 0.25) is 5.91 Å². The maximum atomic E-state index is 11.6. The molecule has 0 aromatic rings. The van der Waals surface area contributed by atoms with Crippen LogP contribution in [0.4, 0.5) is 0 Å². The zero-order valence-electron chi connectivity index (χ0n) is 12.3. The van der Waals surface area contributed by atoms with E-state index >= 15 is 0 Å². The van der Waals surface area contributed by atoms with Crippen LogP contribution in [-0.4, -0.2) is 36.1 Å². The molecular formula is C15H26N2O3. The van der Waals surface area contributed by atoms with Crippen molar-refractivity contribution in [3.05, 3.63) is 11.6 Å². The van der Waals surface area contributed by atoms with E-state index in [4.69, 9.17) is 5.11 Å².